The van der Waals surface area contributed by atoms with Crippen LogP contribution in [0.15, 0.2) is 11.6 Å². The maximum Gasteiger partial charge on any atom is 0.331 e. The fourth-order valence-corrected chi connectivity index (χ4v) is 1.67. The monoisotopic (exact) mass is 264 g/mol. The molecule has 0 aliphatic heterocycles. The van der Waals surface area contributed by atoms with Crippen LogP contribution >= 0.6 is 0 Å². The van der Waals surface area contributed by atoms with Crippen LogP contribution in [0.5, 0.6) is 0 Å². The van der Waals surface area contributed by atoms with Crippen molar-refractivity contribution >= 4 is 16.0 Å². The number of rotatable bonds is 9. The van der Waals surface area contributed by atoms with Crippen LogP contribution in [0.4, 0.5) is 0 Å². The molecule has 0 rings (SSSR count). The summed E-state index contributed by atoms with van der Waals surface area (Å²) >= 11 is 0. The van der Waals surface area contributed by atoms with Crippen molar-refractivity contribution in [3.05, 3.63) is 11.6 Å². The molecule has 3 N–H and O–H groups in total. The predicted octanol–water partition coefficient (Wildman–Crippen LogP) is -0.0637. The van der Waals surface area contributed by atoms with Gasteiger partial charge in [-0.25, -0.2) is 17.9 Å². The minimum Gasteiger partial charge on any atom is -0.478 e. The summed E-state index contributed by atoms with van der Waals surface area (Å²) < 4.78 is 23.8. The van der Waals surface area contributed by atoms with Crippen molar-refractivity contribution in [1.29, 1.82) is 0 Å². The molecule has 0 saturated heterocycles. The smallest absolute Gasteiger partial charge is 0.331 e. The van der Waals surface area contributed by atoms with E-state index in [1.54, 1.807) is 13.0 Å². The molecule has 0 saturated carbocycles. The van der Waals surface area contributed by atoms with Crippen LogP contribution in [-0.4, -0.2) is 45.4 Å². The maximum atomic E-state index is 10.7. The lowest BCUT2D eigenvalue weighted by atomic mass is 10.2. The Morgan fingerprint density at radius 2 is 2.00 bits per heavy atom. The van der Waals surface area contributed by atoms with E-state index < -0.39 is 16.0 Å². The molecule has 0 atom stereocenters. The van der Waals surface area contributed by atoms with Gasteiger partial charge in [0.1, 0.15) is 0 Å². The van der Waals surface area contributed by atoms with E-state index in [-0.39, 0.29) is 0 Å². The van der Waals surface area contributed by atoms with E-state index in [0.29, 0.717) is 38.0 Å². The lowest BCUT2D eigenvalue weighted by molar-refractivity contribution is -0.132. The normalized spacial score (nSPS) is 12.7. The molecule has 0 aromatic heterocycles. The van der Waals surface area contributed by atoms with Gasteiger partial charge in [0, 0.05) is 18.7 Å². The molecule has 0 aliphatic rings. The Morgan fingerprint density at radius 3 is 2.47 bits per heavy atom. The first-order chi connectivity index (χ1) is 7.87. The van der Waals surface area contributed by atoms with Crippen LogP contribution in [-0.2, 0) is 14.8 Å². The Hall–Kier alpha value is -0.920. The third-order valence-corrected chi connectivity index (χ3v) is 2.77. The van der Waals surface area contributed by atoms with Gasteiger partial charge in [-0.15, -0.1) is 0 Å². The zero-order valence-electron chi connectivity index (χ0n) is 10.2. The maximum absolute atomic E-state index is 10.7. The highest BCUT2D eigenvalue weighted by Gasteiger charge is 2.02. The molecular weight excluding hydrogens is 244 g/mol. The fraction of sp³-hybridized carbons (Fsp3) is 0.700. The molecule has 0 aromatic rings. The molecular formula is C10H20N2O4S. The van der Waals surface area contributed by atoms with Gasteiger partial charge in [0.05, 0.1) is 6.26 Å². The Labute approximate surface area is 102 Å². The molecule has 100 valence electrons. The molecule has 0 fully saturated rings. The minimum atomic E-state index is -3.11. The predicted molar refractivity (Wildman–Crippen MR) is 66.3 cm³/mol. The summed E-state index contributed by atoms with van der Waals surface area (Å²) in [5.74, 6) is -0.895. The van der Waals surface area contributed by atoms with Crippen LogP contribution in [0.25, 0.3) is 0 Å². The van der Waals surface area contributed by atoms with E-state index >= 15 is 0 Å². The van der Waals surface area contributed by atoms with Crippen LogP contribution < -0.4 is 10.0 Å². The molecule has 17 heavy (non-hydrogen) atoms. The average Bonchev–Trinajstić information content (AvgIpc) is 2.20. The van der Waals surface area contributed by atoms with Crippen molar-refractivity contribution in [2.24, 2.45) is 0 Å². The van der Waals surface area contributed by atoms with Crippen molar-refractivity contribution < 1.29 is 18.3 Å². The van der Waals surface area contributed by atoms with E-state index in [2.05, 4.69) is 10.0 Å². The van der Waals surface area contributed by atoms with Crippen molar-refractivity contribution in [3.8, 4) is 0 Å². The lowest BCUT2D eigenvalue weighted by Gasteiger charge is -2.03. The summed E-state index contributed by atoms with van der Waals surface area (Å²) in [7, 11) is -3.11. The molecule has 0 heterocycles. The SMILES string of the molecule is CCC(=CCNCCCNS(C)(=O)=O)C(=O)O. The fourth-order valence-electron chi connectivity index (χ4n) is 1.15. The Morgan fingerprint density at radius 1 is 1.35 bits per heavy atom. The van der Waals surface area contributed by atoms with Gasteiger partial charge in [-0.3, -0.25) is 0 Å². The third kappa shape index (κ3) is 9.98. The van der Waals surface area contributed by atoms with Crippen molar-refractivity contribution in [2.75, 3.05) is 25.9 Å². The van der Waals surface area contributed by atoms with E-state index in [9.17, 15) is 13.2 Å². The topological polar surface area (TPSA) is 95.5 Å². The van der Waals surface area contributed by atoms with Crippen molar-refractivity contribution in [3.63, 3.8) is 0 Å². The first-order valence-electron chi connectivity index (χ1n) is 5.44. The lowest BCUT2D eigenvalue weighted by Crippen LogP contribution is -2.26. The van der Waals surface area contributed by atoms with Crippen LogP contribution in [0.2, 0.25) is 0 Å². The summed E-state index contributed by atoms with van der Waals surface area (Å²) in [5, 5.41) is 11.7. The second kappa shape index (κ2) is 8.21. The highest BCUT2D eigenvalue weighted by atomic mass is 32.2. The first kappa shape index (κ1) is 16.1. The zero-order chi connectivity index (χ0) is 13.3. The molecule has 6 nitrogen and oxygen atoms in total. The molecule has 0 unspecified atom stereocenters. The van der Waals surface area contributed by atoms with Crippen molar-refractivity contribution in [1.82, 2.24) is 10.0 Å². The number of sulfonamides is 1. The van der Waals surface area contributed by atoms with Gasteiger partial charge in [-0.05, 0) is 19.4 Å². The van der Waals surface area contributed by atoms with Gasteiger partial charge in [0.15, 0.2) is 0 Å². The zero-order valence-corrected chi connectivity index (χ0v) is 11.0. The van der Waals surface area contributed by atoms with E-state index in [1.807, 2.05) is 0 Å². The van der Waals surface area contributed by atoms with Crippen LogP contribution in [0, 0.1) is 0 Å². The molecule has 0 aliphatic carbocycles. The Bertz CT molecular complexity index is 363. The summed E-state index contributed by atoms with van der Waals surface area (Å²) in [4.78, 5) is 10.6. The highest BCUT2D eigenvalue weighted by Crippen LogP contribution is 1.98. The van der Waals surface area contributed by atoms with Crippen molar-refractivity contribution in [2.45, 2.75) is 19.8 Å². The quantitative estimate of drug-likeness (QED) is 0.400. The average molecular weight is 264 g/mol. The summed E-state index contributed by atoms with van der Waals surface area (Å²) in [6.07, 6.45) is 3.90. The van der Waals surface area contributed by atoms with Gasteiger partial charge in [0.2, 0.25) is 10.0 Å². The number of aliphatic carboxylic acids is 1. The van der Waals surface area contributed by atoms with Gasteiger partial charge in [0.25, 0.3) is 0 Å². The number of hydrogen-bond acceptors (Lipinski definition) is 4. The molecule has 7 heteroatoms. The first-order valence-corrected chi connectivity index (χ1v) is 7.33. The van der Waals surface area contributed by atoms with Gasteiger partial charge < -0.3 is 10.4 Å². The number of hydrogen-bond donors (Lipinski definition) is 3. The highest BCUT2D eigenvalue weighted by molar-refractivity contribution is 7.88. The summed E-state index contributed by atoms with van der Waals surface area (Å²) in [6.45, 7) is 3.29. The van der Waals surface area contributed by atoms with Crippen LogP contribution in [0.3, 0.4) is 0 Å². The van der Waals surface area contributed by atoms with Crippen LogP contribution in [0.1, 0.15) is 19.8 Å². The molecule has 0 radical (unpaired) electrons. The molecule has 0 amide bonds. The molecule has 0 aromatic carbocycles. The number of nitrogens with one attached hydrogen (secondary N) is 2. The Kier molecular flexibility index (Phi) is 7.77. The number of carboxylic acids is 1. The Balaban J connectivity index is 3.62. The van der Waals surface area contributed by atoms with E-state index in [1.165, 1.54) is 0 Å². The third-order valence-electron chi connectivity index (χ3n) is 2.04. The summed E-state index contributed by atoms with van der Waals surface area (Å²) in [5.41, 5.74) is 0.381. The van der Waals surface area contributed by atoms with E-state index in [0.717, 1.165) is 6.26 Å². The largest absolute Gasteiger partial charge is 0.478 e. The van der Waals surface area contributed by atoms with E-state index in [4.69, 9.17) is 5.11 Å². The second-order valence-corrected chi connectivity index (χ2v) is 5.45. The number of carboxylic acid groups (broad SMARTS) is 1. The molecule has 0 spiro atoms. The number of carbonyl (C=O) groups is 1. The van der Waals surface area contributed by atoms with Gasteiger partial charge in [-0.2, -0.15) is 0 Å². The molecule has 0 bridgehead atoms. The second-order valence-electron chi connectivity index (χ2n) is 3.61. The van der Waals surface area contributed by atoms with Gasteiger partial charge >= 0.3 is 5.97 Å². The van der Waals surface area contributed by atoms with Gasteiger partial charge in [-0.1, -0.05) is 13.0 Å². The standard InChI is InChI=1S/C10H20N2O4S/c1-3-9(10(13)14)5-8-11-6-4-7-12-17(2,15)16/h5,11-12H,3-4,6-8H2,1-2H3,(H,13,14). The minimum absolute atomic E-state index is 0.381. The summed E-state index contributed by atoms with van der Waals surface area (Å²) in [6, 6.07) is 0.